The second-order valence-electron chi connectivity index (χ2n) is 1.35. The molecule has 8 heavy (non-hydrogen) atoms. The van der Waals surface area contributed by atoms with Crippen LogP contribution in [0.2, 0.25) is 0 Å². The number of nitrogens with zero attached hydrogens (tertiary/aromatic N) is 1. The standard InChI is InChI=1S/C6H9NO/c1-4-7(5-2)6(3)8/h1,5-6,8H,2H2,3H3. The zero-order valence-corrected chi connectivity index (χ0v) is 4.83. The second kappa shape index (κ2) is 3.11. The van der Waals surface area contributed by atoms with Gasteiger partial charge in [0.15, 0.2) is 0 Å². The van der Waals surface area contributed by atoms with Gasteiger partial charge in [-0.15, -0.1) is 0 Å². The Bertz CT molecular complexity index is 112. The van der Waals surface area contributed by atoms with Gasteiger partial charge in [-0.3, -0.25) is 4.90 Å². The zero-order valence-electron chi connectivity index (χ0n) is 4.83. The van der Waals surface area contributed by atoms with Crippen LogP contribution in [0.4, 0.5) is 0 Å². The molecule has 0 radical (unpaired) electrons. The van der Waals surface area contributed by atoms with E-state index in [9.17, 15) is 0 Å². The van der Waals surface area contributed by atoms with E-state index < -0.39 is 6.23 Å². The molecule has 0 saturated heterocycles. The maximum absolute atomic E-state index is 8.72. The fourth-order valence-corrected chi connectivity index (χ4v) is 0.313. The lowest BCUT2D eigenvalue weighted by molar-refractivity contribution is 0.0941. The van der Waals surface area contributed by atoms with E-state index in [1.165, 1.54) is 11.1 Å². The number of aliphatic hydroxyl groups is 1. The average molecular weight is 111 g/mol. The van der Waals surface area contributed by atoms with Crippen molar-refractivity contribution in [3.63, 3.8) is 0 Å². The highest BCUT2D eigenvalue weighted by Crippen LogP contribution is 1.90. The first-order valence-corrected chi connectivity index (χ1v) is 2.27. The molecule has 0 aliphatic carbocycles. The molecule has 0 fully saturated rings. The third kappa shape index (κ3) is 1.67. The van der Waals surface area contributed by atoms with Gasteiger partial charge in [0.1, 0.15) is 6.23 Å². The normalized spacial score (nSPS) is 11.6. The van der Waals surface area contributed by atoms with Gasteiger partial charge in [-0.25, -0.2) is 0 Å². The van der Waals surface area contributed by atoms with Crippen molar-refractivity contribution in [2.24, 2.45) is 0 Å². The number of terminal acetylenes is 1. The van der Waals surface area contributed by atoms with Gasteiger partial charge in [-0.1, -0.05) is 13.0 Å². The average Bonchev–Trinajstić information content (AvgIpc) is 1.69. The smallest absolute Gasteiger partial charge is 0.135 e. The summed E-state index contributed by atoms with van der Waals surface area (Å²) >= 11 is 0. The van der Waals surface area contributed by atoms with Crippen LogP contribution in [0.5, 0.6) is 0 Å². The summed E-state index contributed by atoms with van der Waals surface area (Å²) in [6.07, 6.45) is 5.68. The highest BCUT2D eigenvalue weighted by Gasteiger charge is 1.97. The van der Waals surface area contributed by atoms with Gasteiger partial charge in [-0.05, 0) is 6.92 Å². The maximum Gasteiger partial charge on any atom is 0.135 e. The minimum atomic E-state index is -0.641. The fraction of sp³-hybridized carbons (Fsp3) is 0.333. The van der Waals surface area contributed by atoms with Crippen LogP contribution in [0.15, 0.2) is 12.8 Å². The van der Waals surface area contributed by atoms with Crippen LogP contribution in [0.1, 0.15) is 6.92 Å². The minimum Gasteiger partial charge on any atom is -0.373 e. The quantitative estimate of drug-likeness (QED) is 0.316. The summed E-state index contributed by atoms with van der Waals surface area (Å²) in [7, 11) is 0. The predicted octanol–water partition coefficient (Wildman–Crippen LogP) is 0.361. The van der Waals surface area contributed by atoms with Gasteiger partial charge in [0.2, 0.25) is 0 Å². The zero-order chi connectivity index (χ0) is 6.57. The van der Waals surface area contributed by atoms with Crippen molar-refractivity contribution in [2.75, 3.05) is 0 Å². The summed E-state index contributed by atoms with van der Waals surface area (Å²) in [5.74, 6) is 0. The molecule has 0 aromatic heterocycles. The van der Waals surface area contributed by atoms with Crippen molar-refractivity contribution in [1.29, 1.82) is 0 Å². The van der Waals surface area contributed by atoms with Crippen molar-refractivity contribution in [1.82, 2.24) is 4.90 Å². The fourth-order valence-electron chi connectivity index (χ4n) is 0.313. The molecule has 2 nitrogen and oxygen atoms in total. The lowest BCUT2D eigenvalue weighted by Crippen LogP contribution is -2.21. The van der Waals surface area contributed by atoms with Crippen LogP contribution in [-0.4, -0.2) is 16.2 Å². The first kappa shape index (κ1) is 7.06. The second-order valence-corrected chi connectivity index (χ2v) is 1.35. The summed E-state index contributed by atoms with van der Waals surface area (Å²) < 4.78 is 0. The van der Waals surface area contributed by atoms with Crippen LogP contribution in [-0.2, 0) is 0 Å². The minimum absolute atomic E-state index is 0.641. The van der Waals surface area contributed by atoms with Crippen LogP contribution < -0.4 is 0 Å². The first-order valence-electron chi connectivity index (χ1n) is 2.27. The molecule has 1 N–H and O–H groups in total. The molecule has 1 atom stereocenters. The highest BCUT2D eigenvalue weighted by molar-refractivity contribution is 4.91. The van der Waals surface area contributed by atoms with E-state index in [0.717, 1.165) is 0 Å². The predicted molar refractivity (Wildman–Crippen MR) is 32.5 cm³/mol. The van der Waals surface area contributed by atoms with Gasteiger partial charge in [0, 0.05) is 12.2 Å². The van der Waals surface area contributed by atoms with Crippen LogP contribution in [0.25, 0.3) is 0 Å². The van der Waals surface area contributed by atoms with Gasteiger partial charge in [-0.2, -0.15) is 0 Å². The molecular formula is C6H9NO. The van der Waals surface area contributed by atoms with Gasteiger partial charge in [0.05, 0.1) is 0 Å². The molecule has 0 amide bonds. The number of hydrogen-bond acceptors (Lipinski definition) is 2. The lowest BCUT2D eigenvalue weighted by Gasteiger charge is -2.13. The molecule has 1 unspecified atom stereocenters. The van der Waals surface area contributed by atoms with Crippen molar-refractivity contribution < 1.29 is 5.11 Å². The molecule has 0 bridgehead atoms. The number of rotatable bonds is 2. The Balaban J connectivity index is 3.74. The molecule has 0 aromatic rings. The van der Waals surface area contributed by atoms with E-state index in [-0.39, 0.29) is 0 Å². The van der Waals surface area contributed by atoms with Crippen LogP contribution in [0.3, 0.4) is 0 Å². The molecule has 2 heteroatoms. The summed E-state index contributed by atoms with van der Waals surface area (Å²) in [4.78, 5) is 1.26. The van der Waals surface area contributed by atoms with Gasteiger partial charge < -0.3 is 5.11 Å². The summed E-state index contributed by atoms with van der Waals surface area (Å²) in [5, 5.41) is 8.72. The Morgan fingerprint density at radius 3 is 2.50 bits per heavy atom. The number of aliphatic hydroxyl groups excluding tert-OH is 1. The SMILES string of the molecule is C#CN(C=C)C(C)O. The van der Waals surface area contributed by atoms with Crippen molar-refractivity contribution in [3.05, 3.63) is 12.8 Å². The van der Waals surface area contributed by atoms with Gasteiger partial charge in [0.25, 0.3) is 0 Å². The van der Waals surface area contributed by atoms with Crippen molar-refractivity contribution >= 4 is 0 Å². The van der Waals surface area contributed by atoms with E-state index in [0.29, 0.717) is 0 Å². The Morgan fingerprint density at radius 2 is 2.50 bits per heavy atom. The molecule has 0 spiro atoms. The lowest BCUT2D eigenvalue weighted by atomic mass is 10.6. The Hall–Kier alpha value is -0.940. The van der Waals surface area contributed by atoms with E-state index >= 15 is 0 Å². The maximum atomic E-state index is 8.72. The van der Waals surface area contributed by atoms with Crippen LogP contribution >= 0.6 is 0 Å². The van der Waals surface area contributed by atoms with Crippen molar-refractivity contribution in [2.45, 2.75) is 13.2 Å². The van der Waals surface area contributed by atoms with E-state index in [4.69, 9.17) is 11.5 Å². The highest BCUT2D eigenvalue weighted by atomic mass is 16.3. The molecule has 0 aliphatic heterocycles. The summed E-state index contributed by atoms with van der Waals surface area (Å²) in [6, 6.07) is 2.22. The van der Waals surface area contributed by atoms with Crippen molar-refractivity contribution in [3.8, 4) is 12.5 Å². The third-order valence-corrected chi connectivity index (χ3v) is 0.748. The Kier molecular flexibility index (Phi) is 2.75. The molecular weight excluding hydrogens is 102 g/mol. The molecule has 0 rings (SSSR count). The van der Waals surface area contributed by atoms with E-state index in [1.807, 2.05) is 0 Å². The van der Waals surface area contributed by atoms with E-state index in [1.54, 1.807) is 6.92 Å². The largest absolute Gasteiger partial charge is 0.373 e. The summed E-state index contributed by atoms with van der Waals surface area (Å²) in [5.41, 5.74) is 0. The molecule has 0 heterocycles. The molecule has 0 saturated carbocycles. The third-order valence-electron chi connectivity index (χ3n) is 0.748. The first-order chi connectivity index (χ1) is 3.72. The monoisotopic (exact) mass is 111 g/mol. The number of hydrogen-bond donors (Lipinski definition) is 1. The Labute approximate surface area is 49.4 Å². The van der Waals surface area contributed by atoms with Gasteiger partial charge >= 0.3 is 0 Å². The van der Waals surface area contributed by atoms with Crippen LogP contribution in [0, 0.1) is 12.5 Å². The molecule has 0 aromatic carbocycles. The molecule has 44 valence electrons. The molecule has 0 aliphatic rings. The topological polar surface area (TPSA) is 23.5 Å². The van der Waals surface area contributed by atoms with E-state index in [2.05, 4.69) is 12.6 Å². The summed E-state index contributed by atoms with van der Waals surface area (Å²) in [6.45, 7) is 4.95. The Morgan fingerprint density at radius 1 is 2.00 bits per heavy atom.